The van der Waals surface area contributed by atoms with Crippen LogP contribution < -0.4 is 11.1 Å². The molecule has 1 aromatic rings. The number of hydrogen-bond acceptors (Lipinski definition) is 4. The number of ketones is 1. The molecule has 1 aromatic heterocycles. The first-order valence-electron chi connectivity index (χ1n) is 7.72. The highest BCUT2D eigenvalue weighted by molar-refractivity contribution is 7.18. The fourth-order valence-corrected chi connectivity index (χ4v) is 4.10. The van der Waals surface area contributed by atoms with Gasteiger partial charge in [0.1, 0.15) is 0 Å². The Balaban J connectivity index is 1.90. The number of rotatable bonds is 6. The molecule has 3 N–H and O–H groups in total. The zero-order valence-corrected chi connectivity index (χ0v) is 13.3. The van der Waals surface area contributed by atoms with Crippen LogP contribution in [0.3, 0.4) is 0 Å². The summed E-state index contributed by atoms with van der Waals surface area (Å²) in [5.74, 6) is 1.57. The van der Waals surface area contributed by atoms with Gasteiger partial charge in [0.05, 0.1) is 15.6 Å². The summed E-state index contributed by atoms with van der Waals surface area (Å²) in [7, 11) is 0. The predicted molar refractivity (Wildman–Crippen MR) is 85.7 cm³/mol. The van der Waals surface area contributed by atoms with Crippen molar-refractivity contribution in [3.8, 4) is 0 Å². The third-order valence-electron chi connectivity index (χ3n) is 4.41. The number of Topliss-reactive ketones (excluding diaryl/α,β-unsaturated/α-hetero) is 1. The molecule has 0 bridgehead atoms. The Hall–Kier alpha value is -1.03. The molecule has 2 fully saturated rings. The third-order valence-corrected chi connectivity index (χ3v) is 5.57. The molecule has 3 nitrogen and oxygen atoms in total. The van der Waals surface area contributed by atoms with Crippen LogP contribution in [0.1, 0.15) is 67.6 Å². The maximum Gasteiger partial charge on any atom is 0.177 e. The van der Waals surface area contributed by atoms with Crippen molar-refractivity contribution in [2.24, 2.45) is 11.8 Å². The van der Waals surface area contributed by atoms with Crippen molar-refractivity contribution in [1.29, 1.82) is 0 Å². The van der Waals surface area contributed by atoms with Gasteiger partial charge >= 0.3 is 0 Å². The highest BCUT2D eigenvalue weighted by atomic mass is 32.1. The third kappa shape index (κ3) is 2.58. The maximum absolute atomic E-state index is 12.3. The van der Waals surface area contributed by atoms with Crippen LogP contribution in [-0.4, -0.2) is 11.8 Å². The van der Waals surface area contributed by atoms with Gasteiger partial charge in [-0.3, -0.25) is 4.79 Å². The highest BCUT2D eigenvalue weighted by Crippen LogP contribution is 2.51. The Morgan fingerprint density at radius 3 is 2.40 bits per heavy atom. The van der Waals surface area contributed by atoms with Gasteiger partial charge < -0.3 is 11.1 Å². The number of nitrogens with one attached hydrogen (secondary N) is 1. The second-order valence-corrected chi connectivity index (χ2v) is 7.67. The van der Waals surface area contributed by atoms with Gasteiger partial charge in [-0.25, -0.2) is 0 Å². The summed E-state index contributed by atoms with van der Waals surface area (Å²) in [5, 5.41) is 4.80. The average molecular weight is 292 g/mol. The van der Waals surface area contributed by atoms with E-state index in [9.17, 15) is 4.79 Å². The smallest absolute Gasteiger partial charge is 0.177 e. The Morgan fingerprint density at radius 1 is 1.25 bits per heavy atom. The summed E-state index contributed by atoms with van der Waals surface area (Å²) in [6, 6.07) is 0.493. The molecule has 1 heterocycles. The van der Waals surface area contributed by atoms with Gasteiger partial charge in [-0.2, -0.15) is 0 Å². The van der Waals surface area contributed by atoms with E-state index in [0.29, 0.717) is 12.0 Å². The molecule has 20 heavy (non-hydrogen) atoms. The maximum atomic E-state index is 12.3. The van der Waals surface area contributed by atoms with E-state index in [0.717, 1.165) is 21.5 Å². The predicted octanol–water partition coefficient (Wildman–Crippen LogP) is 4.26. The largest absolute Gasteiger partial charge is 0.397 e. The Kier molecular flexibility index (Phi) is 3.53. The number of hydrogen-bond donors (Lipinski definition) is 2. The average Bonchev–Trinajstić information content (AvgIpc) is 3.26. The molecule has 0 amide bonds. The molecule has 4 heteroatoms. The van der Waals surface area contributed by atoms with E-state index >= 15 is 0 Å². The Bertz CT molecular complexity index is 527. The molecule has 1 atom stereocenters. The summed E-state index contributed by atoms with van der Waals surface area (Å²) >= 11 is 1.58. The van der Waals surface area contributed by atoms with Gasteiger partial charge in [0.15, 0.2) is 5.78 Å². The summed E-state index contributed by atoms with van der Waals surface area (Å²) in [5.41, 5.74) is 8.28. The number of carbonyl (C=O) groups excluding carboxylic acids is 1. The second kappa shape index (κ2) is 5.06. The minimum atomic E-state index is 0.0108. The molecule has 3 rings (SSSR count). The zero-order valence-electron chi connectivity index (χ0n) is 12.5. The normalized spacial score (nSPS) is 20.2. The molecule has 2 saturated carbocycles. The first-order valence-corrected chi connectivity index (χ1v) is 8.53. The molecule has 2 aliphatic carbocycles. The zero-order chi connectivity index (χ0) is 14.4. The van der Waals surface area contributed by atoms with E-state index in [1.165, 1.54) is 31.2 Å². The van der Waals surface area contributed by atoms with Crippen molar-refractivity contribution in [1.82, 2.24) is 0 Å². The number of anilines is 2. The number of carbonyl (C=O) groups is 1. The van der Waals surface area contributed by atoms with Crippen LogP contribution in [0.25, 0.3) is 0 Å². The van der Waals surface area contributed by atoms with Crippen molar-refractivity contribution in [2.45, 2.75) is 58.4 Å². The van der Waals surface area contributed by atoms with Crippen molar-refractivity contribution in [3.63, 3.8) is 0 Å². The lowest BCUT2D eigenvalue weighted by Gasteiger charge is -2.14. The van der Waals surface area contributed by atoms with Gasteiger partial charge in [0.2, 0.25) is 0 Å². The molecule has 2 aliphatic rings. The number of thiophene rings is 1. The van der Waals surface area contributed by atoms with Crippen LogP contribution in [0.15, 0.2) is 0 Å². The van der Waals surface area contributed by atoms with E-state index < -0.39 is 0 Å². The molecule has 0 spiro atoms. The van der Waals surface area contributed by atoms with Crippen LogP contribution in [0.2, 0.25) is 0 Å². The van der Waals surface area contributed by atoms with Gasteiger partial charge in [-0.15, -0.1) is 11.3 Å². The van der Waals surface area contributed by atoms with Gasteiger partial charge in [0, 0.05) is 17.5 Å². The van der Waals surface area contributed by atoms with Crippen LogP contribution in [-0.2, 0) is 0 Å². The molecule has 0 aromatic carbocycles. The molecule has 1 unspecified atom stereocenters. The van der Waals surface area contributed by atoms with E-state index in [-0.39, 0.29) is 11.7 Å². The lowest BCUT2D eigenvalue weighted by molar-refractivity contribution is 0.0944. The number of nitrogens with two attached hydrogens (primary N) is 1. The minimum absolute atomic E-state index is 0.0108. The molecule has 110 valence electrons. The molecular weight excluding hydrogens is 268 g/mol. The quantitative estimate of drug-likeness (QED) is 0.770. The summed E-state index contributed by atoms with van der Waals surface area (Å²) in [4.78, 5) is 13.1. The van der Waals surface area contributed by atoms with Gasteiger partial charge in [0.25, 0.3) is 0 Å². The minimum Gasteiger partial charge on any atom is -0.397 e. The van der Waals surface area contributed by atoms with Crippen LogP contribution in [0, 0.1) is 11.8 Å². The van der Waals surface area contributed by atoms with E-state index in [2.05, 4.69) is 12.2 Å². The fourth-order valence-electron chi connectivity index (χ4n) is 2.71. The number of nitrogen functional groups attached to an aromatic ring is 1. The summed E-state index contributed by atoms with van der Waals surface area (Å²) in [6.45, 7) is 6.13. The Morgan fingerprint density at radius 2 is 1.90 bits per heavy atom. The van der Waals surface area contributed by atoms with Crippen LogP contribution >= 0.6 is 11.3 Å². The fraction of sp³-hybridized carbons (Fsp3) is 0.688. The molecule has 0 aliphatic heterocycles. The van der Waals surface area contributed by atoms with Gasteiger partial charge in [-0.1, -0.05) is 13.8 Å². The highest BCUT2D eigenvalue weighted by Gasteiger charge is 2.35. The van der Waals surface area contributed by atoms with E-state index in [1.54, 1.807) is 11.3 Å². The van der Waals surface area contributed by atoms with Gasteiger partial charge in [-0.05, 0) is 44.4 Å². The Labute approximate surface area is 124 Å². The second-order valence-electron chi connectivity index (χ2n) is 6.65. The van der Waals surface area contributed by atoms with Crippen molar-refractivity contribution in [3.05, 3.63) is 10.4 Å². The van der Waals surface area contributed by atoms with E-state index in [1.807, 2.05) is 13.8 Å². The summed E-state index contributed by atoms with van der Waals surface area (Å²) in [6.07, 6.45) is 5.07. The standard InChI is InChI=1S/C16H24N2OS/c1-8(2)14(19)15-13(17)12(11-6-7-11)16(20-15)18-9(3)10-4-5-10/h8-11,18H,4-7,17H2,1-3H3. The topological polar surface area (TPSA) is 55.1 Å². The SMILES string of the molecule is CC(C)C(=O)c1sc(NC(C)C2CC2)c(C2CC2)c1N. The summed E-state index contributed by atoms with van der Waals surface area (Å²) < 4.78 is 0. The van der Waals surface area contributed by atoms with E-state index in [4.69, 9.17) is 5.73 Å². The van der Waals surface area contributed by atoms with Crippen molar-refractivity contribution < 1.29 is 4.79 Å². The first-order chi connectivity index (χ1) is 9.49. The monoisotopic (exact) mass is 292 g/mol. The molecule has 0 saturated heterocycles. The van der Waals surface area contributed by atoms with Crippen LogP contribution in [0.4, 0.5) is 10.7 Å². The lowest BCUT2D eigenvalue weighted by atomic mass is 10.0. The van der Waals surface area contributed by atoms with Crippen molar-refractivity contribution >= 4 is 27.8 Å². The van der Waals surface area contributed by atoms with Crippen LogP contribution in [0.5, 0.6) is 0 Å². The lowest BCUT2D eigenvalue weighted by Crippen LogP contribution is -2.17. The van der Waals surface area contributed by atoms with Crippen molar-refractivity contribution in [2.75, 3.05) is 11.1 Å². The molecular formula is C16H24N2OS. The first kappa shape index (κ1) is 13.9. The molecule has 0 radical (unpaired) electrons.